The summed E-state index contributed by atoms with van der Waals surface area (Å²) < 4.78 is 0. The second kappa shape index (κ2) is 4.65. The maximum absolute atomic E-state index is 2.93. The van der Waals surface area contributed by atoms with Crippen LogP contribution in [0.25, 0.3) is 0 Å². The molecule has 0 aromatic rings. The minimum absolute atomic E-state index is 0.986. The first kappa shape index (κ1) is 7.50. The molecule has 0 bridgehead atoms. The van der Waals surface area contributed by atoms with Gasteiger partial charge in [0.2, 0.25) is 0 Å². The van der Waals surface area contributed by atoms with Crippen molar-refractivity contribution in [2.45, 2.75) is 20.8 Å². The van der Waals surface area contributed by atoms with Crippen LogP contribution in [0.3, 0.4) is 0 Å². The molecule has 0 spiro atoms. The predicted octanol–water partition coefficient (Wildman–Crippen LogP) is 1.02. The summed E-state index contributed by atoms with van der Waals surface area (Å²) in [5.41, 5.74) is 7.15. The lowest BCUT2D eigenvalue weighted by atomic mass is 10.4. The van der Waals surface area contributed by atoms with Crippen LogP contribution < -0.4 is 10.9 Å². The maximum atomic E-state index is 2.93. The van der Waals surface area contributed by atoms with E-state index in [9.17, 15) is 0 Å². The molecule has 48 valence electrons. The van der Waals surface area contributed by atoms with Crippen LogP contribution >= 0.6 is 0 Å². The fourth-order valence-electron chi connectivity index (χ4n) is 0.416. The third-order valence-corrected chi connectivity index (χ3v) is 0.788. The quantitative estimate of drug-likeness (QED) is 0.491. The van der Waals surface area contributed by atoms with Gasteiger partial charge in [0, 0.05) is 12.7 Å². The van der Waals surface area contributed by atoms with E-state index in [4.69, 9.17) is 0 Å². The monoisotopic (exact) mass is 114 g/mol. The highest BCUT2D eigenvalue weighted by Crippen LogP contribution is 1.88. The Hall–Kier alpha value is -0.500. The summed E-state index contributed by atoms with van der Waals surface area (Å²) in [5, 5.41) is 0. The molecule has 8 heavy (non-hydrogen) atoms. The Labute approximate surface area is 50.9 Å². The van der Waals surface area contributed by atoms with Crippen molar-refractivity contribution < 1.29 is 0 Å². The average molecular weight is 114 g/mol. The molecule has 1 heterocycles. The highest BCUT2D eigenvalue weighted by Gasteiger charge is 1.91. The molecule has 0 aliphatic carbocycles. The Morgan fingerprint density at radius 2 is 2.12 bits per heavy atom. The van der Waals surface area contributed by atoms with Crippen molar-refractivity contribution in [2.24, 2.45) is 0 Å². The summed E-state index contributed by atoms with van der Waals surface area (Å²) in [6, 6.07) is 0. The van der Waals surface area contributed by atoms with E-state index < -0.39 is 0 Å². The van der Waals surface area contributed by atoms with Gasteiger partial charge in [-0.2, -0.15) is 0 Å². The lowest BCUT2D eigenvalue weighted by Crippen LogP contribution is -2.20. The Morgan fingerprint density at radius 3 is 2.25 bits per heavy atom. The van der Waals surface area contributed by atoms with E-state index in [1.807, 2.05) is 20.0 Å². The molecule has 0 amide bonds. The molecule has 0 radical (unpaired) electrons. The summed E-state index contributed by atoms with van der Waals surface area (Å²) in [6.07, 6.45) is 1.96. The van der Waals surface area contributed by atoms with Crippen molar-refractivity contribution in [3.05, 3.63) is 11.8 Å². The van der Waals surface area contributed by atoms with Gasteiger partial charge in [-0.15, -0.1) is 0 Å². The van der Waals surface area contributed by atoms with Gasteiger partial charge in [-0.3, -0.25) is 0 Å². The van der Waals surface area contributed by atoms with E-state index in [-0.39, 0.29) is 0 Å². The summed E-state index contributed by atoms with van der Waals surface area (Å²) >= 11 is 0. The van der Waals surface area contributed by atoms with Crippen LogP contribution in [0, 0.1) is 0 Å². The number of hydrazine groups is 1. The van der Waals surface area contributed by atoms with Gasteiger partial charge in [0.1, 0.15) is 0 Å². The number of hydrogen-bond acceptors (Lipinski definition) is 2. The molecule has 0 fully saturated rings. The highest BCUT2D eigenvalue weighted by atomic mass is 15.4. The summed E-state index contributed by atoms with van der Waals surface area (Å²) in [7, 11) is 0. The zero-order valence-electron chi connectivity index (χ0n) is 5.78. The standard InChI is InChI=1S/C4H8N2.C2H6/c1-4-2-5-6-3-4;1-2/h2,5-6H,3H2,1H3;1-2H3. The van der Waals surface area contributed by atoms with E-state index in [1.165, 1.54) is 5.57 Å². The van der Waals surface area contributed by atoms with Gasteiger partial charge in [0.15, 0.2) is 0 Å². The normalized spacial score (nSPS) is 15.6. The van der Waals surface area contributed by atoms with E-state index in [0.717, 1.165) is 6.54 Å². The third kappa shape index (κ3) is 2.64. The Kier molecular flexibility index (Phi) is 4.36. The largest absolute Gasteiger partial charge is 0.328 e. The van der Waals surface area contributed by atoms with E-state index in [1.54, 1.807) is 0 Å². The molecule has 2 nitrogen and oxygen atoms in total. The molecule has 1 aliphatic heterocycles. The molecule has 0 aromatic heterocycles. The van der Waals surface area contributed by atoms with Gasteiger partial charge in [-0.05, 0) is 12.5 Å². The first-order valence-electron chi connectivity index (χ1n) is 3.03. The van der Waals surface area contributed by atoms with Crippen molar-refractivity contribution in [1.29, 1.82) is 0 Å². The molecule has 0 saturated heterocycles. The molecule has 0 atom stereocenters. The molecule has 0 unspecified atom stereocenters. The van der Waals surface area contributed by atoms with Gasteiger partial charge >= 0.3 is 0 Å². The summed E-state index contributed by atoms with van der Waals surface area (Å²) in [5.74, 6) is 0. The van der Waals surface area contributed by atoms with Crippen LogP contribution in [-0.2, 0) is 0 Å². The fourth-order valence-corrected chi connectivity index (χ4v) is 0.416. The molecule has 1 aliphatic rings. The van der Waals surface area contributed by atoms with Crippen LogP contribution in [0.4, 0.5) is 0 Å². The van der Waals surface area contributed by atoms with Gasteiger partial charge in [-0.25, -0.2) is 5.43 Å². The molecular formula is C6H14N2. The van der Waals surface area contributed by atoms with Crippen molar-refractivity contribution in [2.75, 3.05) is 6.54 Å². The minimum Gasteiger partial charge on any atom is -0.328 e. The average Bonchev–Trinajstić information content (AvgIpc) is 2.24. The van der Waals surface area contributed by atoms with Gasteiger partial charge < -0.3 is 5.43 Å². The zero-order valence-corrected chi connectivity index (χ0v) is 5.78. The molecule has 2 heteroatoms. The third-order valence-electron chi connectivity index (χ3n) is 0.788. The molecule has 1 rings (SSSR count). The first-order valence-corrected chi connectivity index (χ1v) is 3.03. The molecule has 0 saturated carbocycles. The fraction of sp³-hybridized carbons (Fsp3) is 0.667. The Balaban J connectivity index is 0.000000222. The van der Waals surface area contributed by atoms with Crippen molar-refractivity contribution in [3.63, 3.8) is 0 Å². The first-order chi connectivity index (χ1) is 3.89. The molecule has 2 N–H and O–H groups in total. The smallest absolute Gasteiger partial charge is 0.0372 e. The number of rotatable bonds is 0. The van der Waals surface area contributed by atoms with Crippen molar-refractivity contribution in [1.82, 2.24) is 10.9 Å². The highest BCUT2D eigenvalue weighted by molar-refractivity contribution is 5.02. The Bertz CT molecular complexity index is 76.6. The number of hydrogen-bond donors (Lipinski definition) is 2. The lowest BCUT2D eigenvalue weighted by molar-refractivity contribution is 0.722. The van der Waals surface area contributed by atoms with E-state index >= 15 is 0 Å². The van der Waals surface area contributed by atoms with Crippen LogP contribution in [0.1, 0.15) is 20.8 Å². The van der Waals surface area contributed by atoms with E-state index in [2.05, 4.69) is 17.8 Å². The van der Waals surface area contributed by atoms with Crippen LogP contribution in [-0.4, -0.2) is 6.54 Å². The summed E-state index contributed by atoms with van der Waals surface area (Å²) in [4.78, 5) is 0. The van der Waals surface area contributed by atoms with Crippen molar-refractivity contribution >= 4 is 0 Å². The zero-order chi connectivity index (χ0) is 6.41. The number of nitrogens with one attached hydrogen (secondary N) is 2. The van der Waals surface area contributed by atoms with Crippen LogP contribution in [0.5, 0.6) is 0 Å². The van der Waals surface area contributed by atoms with Gasteiger partial charge in [-0.1, -0.05) is 13.8 Å². The van der Waals surface area contributed by atoms with Crippen LogP contribution in [0.2, 0.25) is 0 Å². The Morgan fingerprint density at radius 1 is 1.50 bits per heavy atom. The van der Waals surface area contributed by atoms with Gasteiger partial charge in [0.05, 0.1) is 0 Å². The molecular weight excluding hydrogens is 100 g/mol. The molecule has 0 aromatic carbocycles. The van der Waals surface area contributed by atoms with Gasteiger partial charge in [0.25, 0.3) is 0 Å². The lowest BCUT2D eigenvalue weighted by Gasteiger charge is -1.85. The van der Waals surface area contributed by atoms with Crippen molar-refractivity contribution in [3.8, 4) is 0 Å². The topological polar surface area (TPSA) is 24.1 Å². The maximum Gasteiger partial charge on any atom is 0.0372 e. The summed E-state index contributed by atoms with van der Waals surface area (Å²) in [6.45, 7) is 7.06. The van der Waals surface area contributed by atoms with E-state index in [0.29, 0.717) is 0 Å². The minimum atomic E-state index is 0.986. The second-order valence-electron chi connectivity index (χ2n) is 1.49. The predicted molar refractivity (Wildman–Crippen MR) is 36.2 cm³/mol. The van der Waals surface area contributed by atoms with Crippen LogP contribution in [0.15, 0.2) is 11.8 Å². The SMILES string of the molecule is CC.CC1=CNNC1. The second-order valence-corrected chi connectivity index (χ2v) is 1.49.